The van der Waals surface area contributed by atoms with Crippen LogP contribution in [0, 0.1) is 5.82 Å². The third-order valence-corrected chi connectivity index (χ3v) is 5.05. The average molecular weight is 440 g/mol. The van der Waals surface area contributed by atoms with E-state index in [2.05, 4.69) is 15.1 Å². The minimum atomic E-state index is -0.641. The quantitative estimate of drug-likeness (QED) is 0.635. The van der Waals surface area contributed by atoms with Crippen LogP contribution >= 0.6 is 0 Å². The average Bonchev–Trinajstić information content (AvgIpc) is 2.65. The summed E-state index contributed by atoms with van der Waals surface area (Å²) in [6.45, 7) is 10.5. The molecule has 0 spiro atoms. The van der Waals surface area contributed by atoms with Gasteiger partial charge in [-0.15, -0.1) is 0 Å². The van der Waals surface area contributed by atoms with Crippen molar-refractivity contribution in [3.63, 3.8) is 0 Å². The Morgan fingerprint density at radius 3 is 2.42 bits per heavy atom. The van der Waals surface area contributed by atoms with Gasteiger partial charge < -0.3 is 24.6 Å². The number of benzene rings is 1. The van der Waals surface area contributed by atoms with Crippen molar-refractivity contribution in [1.82, 2.24) is 15.1 Å². The van der Waals surface area contributed by atoms with Crippen LogP contribution in [-0.2, 0) is 9.47 Å². The summed E-state index contributed by atoms with van der Waals surface area (Å²) in [6, 6.07) is 5.76. The zero-order chi connectivity index (χ0) is 22.4. The number of rotatable bonds is 8. The first-order chi connectivity index (χ1) is 14.7. The SMILES string of the molecule is CC(C)(C)OC(=O)NCCN1CC2CN(CC(O)COc3ccc(F)cc3)CC(C1)O2. The van der Waals surface area contributed by atoms with E-state index in [-0.39, 0.29) is 24.6 Å². The summed E-state index contributed by atoms with van der Waals surface area (Å²) in [7, 11) is 0. The van der Waals surface area contributed by atoms with Gasteiger partial charge in [0, 0.05) is 45.8 Å². The Morgan fingerprint density at radius 2 is 1.81 bits per heavy atom. The molecule has 2 N–H and O–H groups in total. The number of hydrogen-bond donors (Lipinski definition) is 2. The zero-order valence-corrected chi connectivity index (χ0v) is 18.6. The molecule has 1 aromatic rings. The van der Waals surface area contributed by atoms with Crippen molar-refractivity contribution in [3.05, 3.63) is 30.1 Å². The number of morpholine rings is 2. The highest BCUT2D eigenvalue weighted by molar-refractivity contribution is 5.67. The van der Waals surface area contributed by atoms with Gasteiger partial charge in [-0.2, -0.15) is 0 Å². The van der Waals surface area contributed by atoms with E-state index in [4.69, 9.17) is 14.2 Å². The Balaban J connectivity index is 1.35. The molecule has 8 nitrogen and oxygen atoms in total. The van der Waals surface area contributed by atoms with Crippen LogP contribution in [0.2, 0.25) is 0 Å². The summed E-state index contributed by atoms with van der Waals surface area (Å²) < 4.78 is 29.8. The number of carbonyl (C=O) groups is 1. The highest BCUT2D eigenvalue weighted by atomic mass is 19.1. The first kappa shape index (κ1) is 23.7. The van der Waals surface area contributed by atoms with Crippen molar-refractivity contribution in [1.29, 1.82) is 0 Å². The number of fused-ring (bicyclic) bond motifs is 2. The number of nitrogens with one attached hydrogen (secondary N) is 1. The van der Waals surface area contributed by atoms with Gasteiger partial charge in [0.05, 0.1) is 12.2 Å². The lowest BCUT2D eigenvalue weighted by molar-refractivity contribution is -0.142. The number of aliphatic hydroxyl groups excluding tert-OH is 1. The Morgan fingerprint density at radius 1 is 1.19 bits per heavy atom. The molecule has 0 aliphatic carbocycles. The van der Waals surface area contributed by atoms with Crippen molar-refractivity contribution in [2.24, 2.45) is 0 Å². The molecule has 2 fully saturated rings. The molecule has 31 heavy (non-hydrogen) atoms. The van der Waals surface area contributed by atoms with Crippen LogP contribution in [0.3, 0.4) is 0 Å². The smallest absolute Gasteiger partial charge is 0.407 e. The molecule has 0 aromatic heterocycles. The molecule has 2 bridgehead atoms. The molecule has 3 rings (SSSR count). The van der Waals surface area contributed by atoms with Crippen LogP contribution in [-0.4, -0.2) is 97.3 Å². The van der Waals surface area contributed by atoms with Gasteiger partial charge in [-0.1, -0.05) is 0 Å². The first-order valence-electron chi connectivity index (χ1n) is 10.8. The Kier molecular flexibility index (Phi) is 8.10. The molecule has 2 aliphatic rings. The number of β-amino-alcohol motifs (C(OH)–C–C–N with tert-alkyl or cyclic N) is 1. The number of ether oxygens (including phenoxy) is 3. The highest BCUT2D eigenvalue weighted by Crippen LogP contribution is 2.19. The number of nitrogens with zero attached hydrogens (tertiary/aromatic N) is 2. The van der Waals surface area contributed by atoms with Crippen LogP contribution in [0.1, 0.15) is 20.8 Å². The van der Waals surface area contributed by atoms with Crippen LogP contribution in [0.4, 0.5) is 9.18 Å². The van der Waals surface area contributed by atoms with E-state index in [0.717, 1.165) is 32.7 Å². The molecule has 2 saturated heterocycles. The predicted molar refractivity (Wildman–Crippen MR) is 114 cm³/mol. The third-order valence-electron chi connectivity index (χ3n) is 5.05. The minimum Gasteiger partial charge on any atom is -0.491 e. The normalized spacial score (nSPS) is 23.3. The van der Waals surface area contributed by atoms with E-state index in [1.165, 1.54) is 12.1 Å². The van der Waals surface area contributed by atoms with E-state index >= 15 is 0 Å². The topological polar surface area (TPSA) is 83.5 Å². The second kappa shape index (κ2) is 10.6. The molecule has 2 heterocycles. The highest BCUT2D eigenvalue weighted by Gasteiger charge is 2.35. The van der Waals surface area contributed by atoms with Crippen molar-refractivity contribution < 1.29 is 28.5 Å². The molecule has 1 amide bonds. The fourth-order valence-corrected chi connectivity index (χ4v) is 3.90. The monoisotopic (exact) mass is 439 g/mol. The molecule has 1 aromatic carbocycles. The van der Waals surface area contributed by atoms with Crippen LogP contribution < -0.4 is 10.1 Å². The minimum absolute atomic E-state index is 0.0687. The van der Waals surface area contributed by atoms with Gasteiger partial charge in [-0.3, -0.25) is 9.80 Å². The lowest BCUT2D eigenvalue weighted by Gasteiger charge is -2.46. The van der Waals surface area contributed by atoms with E-state index < -0.39 is 17.8 Å². The molecule has 2 aliphatic heterocycles. The predicted octanol–water partition coefficient (Wildman–Crippen LogP) is 1.48. The molecular weight excluding hydrogens is 405 g/mol. The standard InChI is InChI=1S/C22H34FN3O5/c1-22(2,3)31-21(28)24-8-9-25-11-19-13-26(14-20(12-25)30-19)10-17(27)15-29-18-6-4-16(23)5-7-18/h4-7,17,19-20,27H,8-15H2,1-3H3,(H,24,28). The fraction of sp³-hybridized carbons (Fsp3) is 0.682. The van der Waals surface area contributed by atoms with Gasteiger partial charge in [0.1, 0.15) is 29.9 Å². The summed E-state index contributed by atoms with van der Waals surface area (Å²) in [5.74, 6) is 0.220. The lowest BCUT2D eigenvalue weighted by Crippen LogP contribution is -2.61. The van der Waals surface area contributed by atoms with Gasteiger partial charge in [-0.25, -0.2) is 9.18 Å². The molecule has 3 atom stereocenters. The van der Waals surface area contributed by atoms with E-state index in [1.54, 1.807) is 12.1 Å². The first-order valence-corrected chi connectivity index (χ1v) is 10.8. The van der Waals surface area contributed by atoms with E-state index in [0.29, 0.717) is 18.8 Å². The van der Waals surface area contributed by atoms with Gasteiger partial charge >= 0.3 is 6.09 Å². The number of carbonyl (C=O) groups excluding carboxylic acids is 1. The molecule has 9 heteroatoms. The molecule has 0 radical (unpaired) electrons. The number of alkyl carbamates (subject to hydrolysis) is 1. The maximum atomic E-state index is 12.9. The maximum absolute atomic E-state index is 12.9. The summed E-state index contributed by atoms with van der Waals surface area (Å²) >= 11 is 0. The van der Waals surface area contributed by atoms with E-state index in [1.807, 2.05) is 20.8 Å². The molecule has 0 saturated carbocycles. The Bertz CT molecular complexity index is 698. The van der Waals surface area contributed by atoms with Gasteiger partial charge in [0.15, 0.2) is 0 Å². The number of hydrogen-bond acceptors (Lipinski definition) is 7. The number of amides is 1. The summed E-state index contributed by atoms with van der Waals surface area (Å²) in [5.41, 5.74) is -0.502. The zero-order valence-electron chi connectivity index (χ0n) is 18.6. The second-order valence-corrected chi connectivity index (χ2v) is 9.21. The van der Waals surface area contributed by atoms with E-state index in [9.17, 15) is 14.3 Å². The van der Waals surface area contributed by atoms with Crippen molar-refractivity contribution >= 4 is 6.09 Å². The maximum Gasteiger partial charge on any atom is 0.407 e. The van der Waals surface area contributed by atoms with Crippen molar-refractivity contribution in [3.8, 4) is 5.75 Å². The van der Waals surface area contributed by atoms with Crippen molar-refractivity contribution in [2.75, 3.05) is 52.4 Å². The molecular formula is C22H34FN3O5. The van der Waals surface area contributed by atoms with Gasteiger partial charge in [0.2, 0.25) is 0 Å². The molecule has 3 unspecified atom stereocenters. The fourth-order valence-electron chi connectivity index (χ4n) is 3.90. The van der Waals surface area contributed by atoms with Gasteiger partial charge in [-0.05, 0) is 45.0 Å². The van der Waals surface area contributed by atoms with Crippen LogP contribution in [0.5, 0.6) is 5.75 Å². The Labute approximate surface area is 183 Å². The third kappa shape index (κ3) is 8.25. The van der Waals surface area contributed by atoms with Crippen LogP contribution in [0.15, 0.2) is 24.3 Å². The Hall–Kier alpha value is -1.94. The largest absolute Gasteiger partial charge is 0.491 e. The van der Waals surface area contributed by atoms with Crippen LogP contribution in [0.25, 0.3) is 0 Å². The number of halogens is 1. The van der Waals surface area contributed by atoms with Gasteiger partial charge in [0.25, 0.3) is 0 Å². The van der Waals surface area contributed by atoms with Crippen molar-refractivity contribution in [2.45, 2.75) is 44.7 Å². The summed E-state index contributed by atoms with van der Waals surface area (Å²) in [6.07, 6.45) is -0.902. The molecule has 174 valence electrons. The lowest BCUT2D eigenvalue weighted by atomic mass is 10.1. The summed E-state index contributed by atoms with van der Waals surface area (Å²) in [5, 5.41) is 13.1. The number of aliphatic hydroxyl groups is 1. The summed E-state index contributed by atoms with van der Waals surface area (Å²) in [4.78, 5) is 16.3. The second-order valence-electron chi connectivity index (χ2n) is 9.21.